The molecule has 0 amide bonds. The molecule has 0 fully saturated rings. The molecule has 4 nitrogen and oxygen atoms in total. The van der Waals surface area contributed by atoms with Gasteiger partial charge in [-0.25, -0.2) is 0 Å². The van der Waals surface area contributed by atoms with Crippen molar-refractivity contribution in [1.29, 1.82) is 0 Å². The number of furan rings is 1. The fourth-order valence-corrected chi connectivity index (χ4v) is 1.86. The summed E-state index contributed by atoms with van der Waals surface area (Å²) >= 11 is 0. The minimum absolute atomic E-state index is 0.0281. The summed E-state index contributed by atoms with van der Waals surface area (Å²) in [5.74, 6) is 1.54. The molecule has 0 spiro atoms. The Morgan fingerprint density at radius 2 is 2.10 bits per heavy atom. The number of hydrogen-bond donors (Lipinski definition) is 0. The second kappa shape index (κ2) is 6.91. The molecule has 0 saturated heterocycles. The first kappa shape index (κ1) is 14.3. The number of ketones is 1. The van der Waals surface area contributed by atoms with E-state index < -0.39 is 0 Å². The molecule has 1 heterocycles. The standard InChI is InChI=1S/C16H18O4/c1-3-19-16-7-6-13(12(2)17)9-14(16)10-18-11-15-5-4-8-20-15/h4-9H,3,10-11H2,1-2H3. The van der Waals surface area contributed by atoms with Crippen LogP contribution in [-0.2, 0) is 18.0 Å². The van der Waals surface area contributed by atoms with Gasteiger partial charge in [-0.05, 0) is 44.2 Å². The maximum atomic E-state index is 11.4. The number of carbonyl (C=O) groups excluding carboxylic acids is 1. The van der Waals surface area contributed by atoms with E-state index >= 15 is 0 Å². The fraction of sp³-hybridized carbons (Fsp3) is 0.312. The number of ether oxygens (including phenoxy) is 2. The van der Waals surface area contributed by atoms with Gasteiger partial charge in [0.05, 0.1) is 19.5 Å². The van der Waals surface area contributed by atoms with Crippen LogP contribution in [0.1, 0.15) is 35.5 Å². The summed E-state index contributed by atoms with van der Waals surface area (Å²) in [6, 6.07) is 9.07. The van der Waals surface area contributed by atoms with E-state index in [4.69, 9.17) is 13.9 Å². The number of Topliss-reactive ketones (excluding diaryl/α,β-unsaturated/α-hetero) is 1. The van der Waals surface area contributed by atoms with Gasteiger partial charge in [-0.3, -0.25) is 4.79 Å². The minimum Gasteiger partial charge on any atom is -0.494 e. The van der Waals surface area contributed by atoms with Crippen molar-refractivity contribution in [2.75, 3.05) is 6.61 Å². The van der Waals surface area contributed by atoms with E-state index in [-0.39, 0.29) is 5.78 Å². The SMILES string of the molecule is CCOc1ccc(C(C)=O)cc1COCc1ccco1. The van der Waals surface area contributed by atoms with Crippen molar-refractivity contribution in [3.05, 3.63) is 53.5 Å². The quantitative estimate of drug-likeness (QED) is 0.724. The first-order valence-electron chi connectivity index (χ1n) is 6.57. The highest BCUT2D eigenvalue weighted by Crippen LogP contribution is 2.22. The minimum atomic E-state index is 0.0281. The lowest BCUT2D eigenvalue weighted by Crippen LogP contribution is -2.02. The number of benzene rings is 1. The van der Waals surface area contributed by atoms with Crippen LogP contribution in [0.4, 0.5) is 0 Å². The molecule has 0 saturated carbocycles. The predicted molar refractivity (Wildman–Crippen MR) is 74.8 cm³/mol. The van der Waals surface area contributed by atoms with Gasteiger partial charge < -0.3 is 13.9 Å². The van der Waals surface area contributed by atoms with E-state index in [1.54, 1.807) is 19.3 Å². The van der Waals surface area contributed by atoms with Crippen molar-refractivity contribution in [2.45, 2.75) is 27.1 Å². The van der Waals surface area contributed by atoms with Gasteiger partial charge in [0.1, 0.15) is 18.1 Å². The zero-order valence-electron chi connectivity index (χ0n) is 11.7. The van der Waals surface area contributed by atoms with Crippen LogP contribution in [0.3, 0.4) is 0 Å². The first-order valence-corrected chi connectivity index (χ1v) is 6.57. The maximum absolute atomic E-state index is 11.4. The Hall–Kier alpha value is -2.07. The van der Waals surface area contributed by atoms with E-state index in [2.05, 4.69) is 0 Å². The van der Waals surface area contributed by atoms with E-state index in [0.29, 0.717) is 25.4 Å². The lowest BCUT2D eigenvalue weighted by Gasteiger charge is -2.11. The molecule has 2 aromatic rings. The molecule has 1 aromatic carbocycles. The maximum Gasteiger partial charge on any atom is 0.159 e. The molecule has 4 heteroatoms. The van der Waals surface area contributed by atoms with Crippen molar-refractivity contribution >= 4 is 5.78 Å². The molecule has 0 atom stereocenters. The van der Waals surface area contributed by atoms with Crippen molar-refractivity contribution in [3.8, 4) is 5.75 Å². The van der Waals surface area contributed by atoms with Crippen LogP contribution in [0.15, 0.2) is 41.0 Å². The van der Waals surface area contributed by atoms with Gasteiger partial charge in [-0.1, -0.05) is 0 Å². The van der Waals surface area contributed by atoms with Crippen LogP contribution in [0, 0.1) is 0 Å². The smallest absolute Gasteiger partial charge is 0.159 e. The number of carbonyl (C=O) groups is 1. The first-order chi connectivity index (χ1) is 9.70. The third kappa shape index (κ3) is 3.71. The molecule has 106 valence electrons. The van der Waals surface area contributed by atoms with Gasteiger partial charge in [-0.2, -0.15) is 0 Å². The molecule has 20 heavy (non-hydrogen) atoms. The fourth-order valence-electron chi connectivity index (χ4n) is 1.86. The van der Waals surface area contributed by atoms with Crippen molar-refractivity contribution in [2.24, 2.45) is 0 Å². The van der Waals surface area contributed by atoms with Gasteiger partial charge in [0, 0.05) is 11.1 Å². The highest BCUT2D eigenvalue weighted by molar-refractivity contribution is 5.94. The van der Waals surface area contributed by atoms with Gasteiger partial charge in [-0.15, -0.1) is 0 Å². The summed E-state index contributed by atoms with van der Waals surface area (Å²) in [6.07, 6.45) is 1.61. The summed E-state index contributed by atoms with van der Waals surface area (Å²) in [5.41, 5.74) is 1.52. The van der Waals surface area contributed by atoms with Crippen LogP contribution in [0.25, 0.3) is 0 Å². The Balaban J connectivity index is 2.06. The molecule has 0 N–H and O–H groups in total. The molecule has 0 aliphatic heterocycles. The Kier molecular flexibility index (Phi) is 4.96. The molecule has 0 unspecified atom stereocenters. The van der Waals surface area contributed by atoms with Crippen LogP contribution in [0.5, 0.6) is 5.75 Å². The van der Waals surface area contributed by atoms with Crippen molar-refractivity contribution in [1.82, 2.24) is 0 Å². The van der Waals surface area contributed by atoms with Crippen LogP contribution in [0.2, 0.25) is 0 Å². The zero-order valence-corrected chi connectivity index (χ0v) is 11.7. The molecule has 0 aliphatic rings. The molecular weight excluding hydrogens is 256 g/mol. The van der Waals surface area contributed by atoms with Gasteiger partial charge >= 0.3 is 0 Å². The third-order valence-electron chi connectivity index (χ3n) is 2.85. The highest BCUT2D eigenvalue weighted by Gasteiger charge is 2.08. The van der Waals surface area contributed by atoms with Gasteiger partial charge in [0.25, 0.3) is 0 Å². The molecule has 1 aromatic heterocycles. The average molecular weight is 274 g/mol. The largest absolute Gasteiger partial charge is 0.494 e. The van der Waals surface area contributed by atoms with Gasteiger partial charge in [0.2, 0.25) is 0 Å². The zero-order chi connectivity index (χ0) is 14.4. The molecule has 0 bridgehead atoms. The lowest BCUT2D eigenvalue weighted by molar-refractivity contribution is 0.0907. The monoisotopic (exact) mass is 274 g/mol. The van der Waals surface area contributed by atoms with E-state index in [9.17, 15) is 4.79 Å². The normalized spacial score (nSPS) is 10.5. The summed E-state index contributed by atoms with van der Waals surface area (Å²) in [4.78, 5) is 11.4. The van der Waals surface area contributed by atoms with E-state index in [0.717, 1.165) is 17.1 Å². The molecule has 0 aliphatic carbocycles. The molecular formula is C16H18O4. The Labute approximate surface area is 118 Å². The lowest BCUT2D eigenvalue weighted by atomic mass is 10.1. The van der Waals surface area contributed by atoms with Gasteiger partial charge in [0.15, 0.2) is 5.78 Å². The van der Waals surface area contributed by atoms with E-state index in [1.807, 2.05) is 31.2 Å². The second-order valence-electron chi connectivity index (χ2n) is 4.38. The highest BCUT2D eigenvalue weighted by atomic mass is 16.5. The summed E-state index contributed by atoms with van der Waals surface area (Å²) < 4.78 is 16.3. The summed E-state index contributed by atoms with van der Waals surface area (Å²) in [6.45, 7) is 4.81. The topological polar surface area (TPSA) is 48.7 Å². The average Bonchev–Trinajstić information content (AvgIpc) is 2.93. The summed E-state index contributed by atoms with van der Waals surface area (Å²) in [7, 11) is 0. The summed E-state index contributed by atoms with van der Waals surface area (Å²) in [5, 5.41) is 0. The van der Waals surface area contributed by atoms with Crippen molar-refractivity contribution < 1.29 is 18.7 Å². The van der Waals surface area contributed by atoms with Crippen LogP contribution >= 0.6 is 0 Å². The molecule has 2 rings (SSSR count). The third-order valence-corrected chi connectivity index (χ3v) is 2.85. The van der Waals surface area contributed by atoms with Crippen LogP contribution in [-0.4, -0.2) is 12.4 Å². The number of hydrogen-bond acceptors (Lipinski definition) is 4. The van der Waals surface area contributed by atoms with Crippen molar-refractivity contribution in [3.63, 3.8) is 0 Å². The predicted octanol–water partition coefficient (Wildman–Crippen LogP) is 3.60. The number of rotatable bonds is 7. The Bertz CT molecular complexity index is 558. The Morgan fingerprint density at radius 3 is 2.75 bits per heavy atom. The molecule has 0 radical (unpaired) electrons. The Morgan fingerprint density at radius 1 is 1.25 bits per heavy atom. The second-order valence-corrected chi connectivity index (χ2v) is 4.38. The van der Waals surface area contributed by atoms with E-state index in [1.165, 1.54) is 0 Å². The van der Waals surface area contributed by atoms with Crippen LogP contribution < -0.4 is 4.74 Å².